The molecule has 0 aliphatic carbocycles. The molecule has 0 radical (unpaired) electrons. The molecule has 10 heteroatoms. The number of nitrogens with one attached hydrogen (secondary N) is 1. The maximum atomic E-state index is 13.1. The fourth-order valence-corrected chi connectivity index (χ4v) is 5.25. The topological polar surface area (TPSA) is 114 Å². The first-order valence-electron chi connectivity index (χ1n) is 10.1. The van der Waals surface area contributed by atoms with Crippen molar-refractivity contribution in [1.29, 1.82) is 0 Å². The molecule has 1 N–H and O–H groups in total. The van der Waals surface area contributed by atoms with Gasteiger partial charge in [0.1, 0.15) is 12.2 Å². The Morgan fingerprint density at radius 2 is 1.81 bits per heavy atom. The molecule has 3 aromatic heterocycles. The van der Waals surface area contributed by atoms with Crippen LogP contribution in [0.15, 0.2) is 77.1 Å². The molecule has 0 amide bonds. The quantitative estimate of drug-likeness (QED) is 0.495. The van der Waals surface area contributed by atoms with Crippen LogP contribution in [0.25, 0.3) is 11.4 Å². The molecule has 32 heavy (non-hydrogen) atoms. The van der Waals surface area contributed by atoms with Gasteiger partial charge in [-0.3, -0.25) is 9.69 Å². The van der Waals surface area contributed by atoms with Gasteiger partial charge in [-0.2, -0.15) is 0 Å². The van der Waals surface area contributed by atoms with Crippen LogP contribution in [0.1, 0.15) is 17.0 Å². The minimum atomic E-state index is -3.68. The fourth-order valence-electron chi connectivity index (χ4n) is 3.87. The zero-order valence-corrected chi connectivity index (χ0v) is 17.9. The van der Waals surface area contributed by atoms with Crippen LogP contribution in [-0.4, -0.2) is 43.8 Å². The Bertz CT molecular complexity index is 1420. The maximum absolute atomic E-state index is 13.1. The number of fused-ring (bicyclic) bond motifs is 1. The second-order valence-corrected chi connectivity index (χ2v) is 9.36. The highest BCUT2D eigenvalue weighted by molar-refractivity contribution is 7.90. The number of H-pyrrole nitrogens is 1. The number of hydrogen-bond donors (Lipinski definition) is 1. The van der Waals surface area contributed by atoms with Crippen molar-refractivity contribution in [3.05, 3.63) is 94.7 Å². The molecule has 1 aromatic carbocycles. The van der Waals surface area contributed by atoms with Crippen molar-refractivity contribution in [2.45, 2.75) is 24.4 Å². The van der Waals surface area contributed by atoms with Crippen molar-refractivity contribution in [2.75, 3.05) is 6.54 Å². The summed E-state index contributed by atoms with van der Waals surface area (Å²) in [6, 6.07) is 11.9. The van der Waals surface area contributed by atoms with Crippen LogP contribution in [0, 0.1) is 0 Å². The minimum absolute atomic E-state index is 0.203. The Labute approximate surface area is 184 Å². The molecule has 0 saturated heterocycles. The highest BCUT2D eigenvalue weighted by atomic mass is 32.2. The van der Waals surface area contributed by atoms with Crippen LogP contribution in [-0.2, 0) is 29.5 Å². The summed E-state index contributed by atoms with van der Waals surface area (Å²) in [5, 5.41) is 0. The van der Waals surface area contributed by atoms with E-state index in [-0.39, 0.29) is 10.5 Å². The van der Waals surface area contributed by atoms with E-state index in [1.807, 2.05) is 0 Å². The molecule has 0 bridgehead atoms. The van der Waals surface area contributed by atoms with E-state index in [9.17, 15) is 13.2 Å². The van der Waals surface area contributed by atoms with Gasteiger partial charge in [-0.1, -0.05) is 18.2 Å². The second kappa shape index (κ2) is 8.13. The molecule has 9 nitrogen and oxygen atoms in total. The Hall–Kier alpha value is -3.63. The van der Waals surface area contributed by atoms with Gasteiger partial charge in [0.25, 0.3) is 15.6 Å². The first kappa shape index (κ1) is 20.3. The van der Waals surface area contributed by atoms with E-state index < -0.39 is 10.0 Å². The predicted octanol–water partition coefficient (Wildman–Crippen LogP) is 1.82. The fraction of sp³-hybridized carbons (Fsp3) is 0.182. The lowest BCUT2D eigenvalue weighted by molar-refractivity contribution is 0.238. The van der Waals surface area contributed by atoms with Crippen LogP contribution in [0.5, 0.6) is 0 Å². The SMILES string of the molecule is O=c1[nH]c(-c2cncnc2)nc2c1CN(Cc1cccn1S(=O)(=O)c1ccccc1)CC2. The largest absolute Gasteiger partial charge is 0.306 e. The third-order valence-electron chi connectivity index (χ3n) is 5.46. The molecule has 0 fully saturated rings. The second-order valence-electron chi connectivity index (χ2n) is 7.54. The molecule has 0 atom stereocenters. The highest BCUT2D eigenvalue weighted by Gasteiger charge is 2.24. The molecule has 1 aliphatic heterocycles. The lowest BCUT2D eigenvalue weighted by Gasteiger charge is -2.28. The first-order valence-corrected chi connectivity index (χ1v) is 11.5. The van der Waals surface area contributed by atoms with Gasteiger partial charge >= 0.3 is 0 Å². The van der Waals surface area contributed by atoms with Gasteiger partial charge in [0.2, 0.25) is 0 Å². The van der Waals surface area contributed by atoms with Gasteiger partial charge < -0.3 is 4.98 Å². The normalized spacial score (nSPS) is 14.2. The Morgan fingerprint density at radius 1 is 1.03 bits per heavy atom. The van der Waals surface area contributed by atoms with Crippen LogP contribution >= 0.6 is 0 Å². The van der Waals surface area contributed by atoms with Crippen LogP contribution in [0.3, 0.4) is 0 Å². The van der Waals surface area contributed by atoms with Gasteiger partial charge in [0.05, 0.1) is 21.7 Å². The molecule has 0 saturated carbocycles. The molecule has 4 heterocycles. The molecule has 0 spiro atoms. The number of hydrogen-bond acceptors (Lipinski definition) is 7. The van der Waals surface area contributed by atoms with Crippen molar-refractivity contribution in [2.24, 2.45) is 0 Å². The summed E-state index contributed by atoms with van der Waals surface area (Å²) in [6.45, 7) is 1.44. The van der Waals surface area contributed by atoms with E-state index in [0.29, 0.717) is 48.7 Å². The molecule has 5 rings (SSSR count). The van der Waals surface area contributed by atoms with E-state index >= 15 is 0 Å². The van der Waals surface area contributed by atoms with E-state index in [4.69, 9.17) is 0 Å². The average Bonchev–Trinajstić information content (AvgIpc) is 3.29. The lowest BCUT2D eigenvalue weighted by atomic mass is 10.1. The lowest BCUT2D eigenvalue weighted by Crippen LogP contribution is -2.36. The van der Waals surface area contributed by atoms with Gasteiger partial charge in [-0.05, 0) is 24.3 Å². The van der Waals surface area contributed by atoms with E-state index in [1.165, 1.54) is 10.3 Å². The zero-order valence-electron chi connectivity index (χ0n) is 17.0. The maximum Gasteiger partial charge on any atom is 0.267 e. The number of nitrogens with zero attached hydrogens (tertiary/aromatic N) is 5. The summed E-state index contributed by atoms with van der Waals surface area (Å²) in [4.78, 5) is 30.4. The standard InChI is InChI=1S/C22H20N6O3S/c29-22-19-14-27(10-8-20(19)25-21(26-22)16-11-23-15-24-12-16)13-17-5-4-9-28(17)32(30,31)18-6-2-1-3-7-18/h1-7,9,11-12,15H,8,10,13-14H2,(H,25,26,29). The van der Waals surface area contributed by atoms with E-state index in [0.717, 1.165) is 5.69 Å². The van der Waals surface area contributed by atoms with Crippen molar-refractivity contribution >= 4 is 10.0 Å². The van der Waals surface area contributed by atoms with Gasteiger partial charge in [0.15, 0.2) is 0 Å². The van der Waals surface area contributed by atoms with Crippen molar-refractivity contribution in [1.82, 2.24) is 28.8 Å². The van der Waals surface area contributed by atoms with Gasteiger partial charge in [0, 0.05) is 50.3 Å². The predicted molar refractivity (Wildman–Crippen MR) is 117 cm³/mol. The molecular formula is C22H20N6O3S. The summed E-state index contributed by atoms with van der Waals surface area (Å²) in [5.41, 5.74) is 2.43. The molecule has 1 aliphatic rings. The summed E-state index contributed by atoms with van der Waals surface area (Å²) in [6.07, 6.45) is 6.78. The number of rotatable bonds is 5. The Kier molecular flexibility index (Phi) is 5.16. The third-order valence-corrected chi connectivity index (χ3v) is 7.20. The van der Waals surface area contributed by atoms with Crippen molar-refractivity contribution in [3.63, 3.8) is 0 Å². The number of aromatic amines is 1. The van der Waals surface area contributed by atoms with Gasteiger partial charge in [-0.15, -0.1) is 0 Å². The first-order chi connectivity index (χ1) is 15.5. The third kappa shape index (κ3) is 3.74. The molecule has 4 aromatic rings. The minimum Gasteiger partial charge on any atom is -0.306 e. The monoisotopic (exact) mass is 448 g/mol. The summed E-state index contributed by atoms with van der Waals surface area (Å²) in [7, 11) is -3.68. The average molecular weight is 449 g/mol. The van der Waals surface area contributed by atoms with Crippen molar-refractivity contribution in [3.8, 4) is 11.4 Å². The summed E-state index contributed by atoms with van der Waals surface area (Å²) < 4.78 is 27.4. The smallest absolute Gasteiger partial charge is 0.267 e. The van der Waals surface area contributed by atoms with Crippen LogP contribution < -0.4 is 5.56 Å². The van der Waals surface area contributed by atoms with E-state index in [1.54, 1.807) is 61.1 Å². The van der Waals surface area contributed by atoms with Gasteiger partial charge in [-0.25, -0.2) is 27.3 Å². The zero-order chi connectivity index (χ0) is 22.1. The van der Waals surface area contributed by atoms with E-state index in [2.05, 4.69) is 24.8 Å². The van der Waals surface area contributed by atoms with Crippen LogP contribution in [0.2, 0.25) is 0 Å². The number of benzene rings is 1. The molecular weight excluding hydrogens is 428 g/mol. The number of aromatic nitrogens is 5. The molecule has 0 unspecified atom stereocenters. The van der Waals surface area contributed by atoms with Crippen LogP contribution in [0.4, 0.5) is 0 Å². The summed E-state index contributed by atoms with van der Waals surface area (Å²) in [5.74, 6) is 0.450. The Balaban J connectivity index is 1.40. The Morgan fingerprint density at radius 3 is 2.59 bits per heavy atom. The molecule has 162 valence electrons. The summed E-state index contributed by atoms with van der Waals surface area (Å²) >= 11 is 0. The highest BCUT2D eigenvalue weighted by Crippen LogP contribution is 2.21. The van der Waals surface area contributed by atoms with Crippen molar-refractivity contribution < 1.29 is 8.42 Å².